The second-order valence-corrected chi connectivity index (χ2v) is 5.44. The average molecular weight is 349 g/mol. The van der Waals surface area contributed by atoms with E-state index >= 15 is 0 Å². The van der Waals surface area contributed by atoms with Gasteiger partial charge < -0.3 is 14.6 Å². The van der Waals surface area contributed by atoms with Crippen LogP contribution in [0.3, 0.4) is 0 Å². The lowest BCUT2D eigenvalue weighted by Gasteiger charge is -2.11. The van der Waals surface area contributed by atoms with Crippen LogP contribution in [0.1, 0.15) is 10.5 Å². The number of amides is 1. The molecule has 1 aromatic carbocycles. The first-order valence-corrected chi connectivity index (χ1v) is 7.14. The number of aromatic nitrogens is 2. The third kappa shape index (κ3) is 4.03. The molecule has 0 fully saturated rings. The molecule has 0 aliphatic rings. The molecule has 21 heavy (non-hydrogen) atoms. The number of rotatable bonds is 5. The molecule has 0 atom stereocenters. The van der Waals surface area contributed by atoms with Crippen molar-refractivity contribution in [3.05, 3.63) is 45.4 Å². The maximum Gasteiger partial charge on any atom is 0.269 e. The second kappa shape index (κ2) is 7.02. The number of hydrogen-bond acceptors (Lipinski definition) is 3. The Balaban J connectivity index is 1.86. The van der Waals surface area contributed by atoms with Gasteiger partial charge in [-0.2, -0.15) is 0 Å². The van der Waals surface area contributed by atoms with E-state index in [0.717, 1.165) is 0 Å². The molecule has 0 aliphatic heterocycles. The minimum absolute atomic E-state index is 0.227. The molecule has 0 aliphatic carbocycles. The third-order valence-corrected chi connectivity index (χ3v) is 3.43. The first-order valence-electron chi connectivity index (χ1n) is 6.01. The number of nitrogens with one attached hydrogen (secondary N) is 1. The Morgan fingerprint density at radius 1 is 1.33 bits per heavy atom. The molecule has 1 amide bonds. The fourth-order valence-corrected chi connectivity index (χ4v) is 2.58. The third-order valence-electron chi connectivity index (χ3n) is 2.65. The van der Waals surface area contributed by atoms with Crippen LogP contribution in [0.15, 0.2) is 24.7 Å². The van der Waals surface area contributed by atoms with Crippen molar-refractivity contribution in [1.82, 2.24) is 14.9 Å². The topological polar surface area (TPSA) is 56.2 Å². The Labute approximate surface area is 136 Å². The van der Waals surface area contributed by atoms with Gasteiger partial charge in [0.1, 0.15) is 12.3 Å². The SMILES string of the molecule is Cn1cncc1C(=O)NCCOc1c(Cl)cc(Cl)cc1Cl. The molecule has 1 N–H and O–H groups in total. The Kier molecular flexibility index (Phi) is 5.33. The number of carbonyl (C=O) groups is 1. The van der Waals surface area contributed by atoms with Gasteiger partial charge in [-0.3, -0.25) is 4.79 Å². The Hall–Kier alpha value is -1.43. The number of benzene rings is 1. The molecule has 0 radical (unpaired) electrons. The molecule has 0 bridgehead atoms. The monoisotopic (exact) mass is 347 g/mol. The zero-order chi connectivity index (χ0) is 15.4. The first-order chi connectivity index (χ1) is 9.99. The number of nitrogens with zero attached hydrogens (tertiary/aromatic N) is 2. The molecule has 0 unspecified atom stereocenters. The Morgan fingerprint density at radius 2 is 2.00 bits per heavy atom. The number of ether oxygens (including phenoxy) is 1. The smallest absolute Gasteiger partial charge is 0.269 e. The summed E-state index contributed by atoms with van der Waals surface area (Å²) in [5.41, 5.74) is 0.470. The van der Waals surface area contributed by atoms with E-state index in [4.69, 9.17) is 39.5 Å². The highest BCUT2D eigenvalue weighted by Crippen LogP contribution is 2.35. The molecule has 0 saturated carbocycles. The van der Waals surface area contributed by atoms with Crippen LogP contribution in [-0.4, -0.2) is 28.6 Å². The lowest BCUT2D eigenvalue weighted by atomic mass is 10.3. The van der Waals surface area contributed by atoms with Crippen LogP contribution < -0.4 is 10.1 Å². The van der Waals surface area contributed by atoms with Gasteiger partial charge in [-0.15, -0.1) is 0 Å². The molecule has 1 aromatic heterocycles. The van der Waals surface area contributed by atoms with E-state index in [1.165, 1.54) is 6.20 Å². The van der Waals surface area contributed by atoms with Gasteiger partial charge in [0.05, 0.1) is 29.1 Å². The summed E-state index contributed by atoms with van der Waals surface area (Å²) in [6.45, 7) is 0.532. The summed E-state index contributed by atoms with van der Waals surface area (Å²) in [5.74, 6) is 0.115. The van der Waals surface area contributed by atoms with Crippen molar-refractivity contribution in [2.45, 2.75) is 0 Å². The minimum Gasteiger partial charge on any atom is -0.489 e. The van der Waals surface area contributed by atoms with Crippen LogP contribution in [0.2, 0.25) is 15.1 Å². The summed E-state index contributed by atoms with van der Waals surface area (Å²) < 4.78 is 7.09. The largest absolute Gasteiger partial charge is 0.489 e. The van der Waals surface area contributed by atoms with E-state index in [9.17, 15) is 4.79 Å². The first kappa shape index (κ1) is 15.9. The molecule has 1 heterocycles. The molecular weight excluding hydrogens is 337 g/mol. The van der Waals surface area contributed by atoms with Crippen molar-refractivity contribution in [3.8, 4) is 5.75 Å². The highest BCUT2D eigenvalue weighted by atomic mass is 35.5. The van der Waals surface area contributed by atoms with Gasteiger partial charge in [-0.05, 0) is 12.1 Å². The number of carbonyl (C=O) groups excluding carboxylic acids is 1. The number of aryl methyl sites for hydroxylation is 1. The quantitative estimate of drug-likeness (QED) is 0.844. The van der Waals surface area contributed by atoms with Gasteiger partial charge in [0.15, 0.2) is 5.75 Å². The zero-order valence-electron chi connectivity index (χ0n) is 11.1. The Bertz CT molecular complexity index is 635. The molecule has 0 saturated heterocycles. The predicted octanol–water partition coefficient (Wildman–Crippen LogP) is 3.19. The van der Waals surface area contributed by atoms with Crippen molar-refractivity contribution in [2.75, 3.05) is 13.2 Å². The van der Waals surface area contributed by atoms with Gasteiger partial charge in [0.25, 0.3) is 5.91 Å². The molecule has 8 heteroatoms. The fraction of sp³-hybridized carbons (Fsp3) is 0.231. The minimum atomic E-state index is -0.230. The van der Waals surface area contributed by atoms with Crippen molar-refractivity contribution in [2.24, 2.45) is 7.05 Å². The van der Waals surface area contributed by atoms with Crippen LogP contribution in [-0.2, 0) is 7.05 Å². The zero-order valence-corrected chi connectivity index (χ0v) is 13.3. The van der Waals surface area contributed by atoms with Crippen LogP contribution in [0.25, 0.3) is 0 Å². The van der Waals surface area contributed by atoms with Gasteiger partial charge in [0.2, 0.25) is 0 Å². The van der Waals surface area contributed by atoms with E-state index < -0.39 is 0 Å². The van der Waals surface area contributed by atoms with Gasteiger partial charge in [-0.1, -0.05) is 34.8 Å². The summed E-state index contributed by atoms with van der Waals surface area (Å²) in [4.78, 5) is 15.7. The molecule has 112 valence electrons. The lowest BCUT2D eigenvalue weighted by molar-refractivity contribution is 0.0939. The maximum atomic E-state index is 11.8. The maximum absolute atomic E-state index is 11.8. The van der Waals surface area contributed by atoms with Crippen LogP contribution >= 0.6 is 34.8 Å². The second-order valence-electron chi connectivity index (χ2n) is 4.19. The lowest BCUT2D eigenvalue weighted by Crippen LogP contribution is -2.29. The number of hydrogen-bond donors (Lipinski definition) is 1. The molecular formula is C13H12Cl3N3O2. The van der Waals surface area contributed by atoms with Crippen LogP contribution in [0.4, 0.5) is 0 Å². The molecule has 2 rings (SSSR count). The summed E-state index contributed by atoms with van der Waals surface area (Å²) in [6.07, 6.45) is 3.04. The molecule has 5 nitrogen and oxygen atoms in total. The van der Waals surface area contributed by atoms with Crippen LogP contribution in [0.5, 0.6) is 5.75 Å². The molecule has 2 aromatic rings. The van der Waals surface area contributed by atoms with E-state index in [1.54, 1.807) is 30.1 Å². The summed E-state index contributed by atoms with van der Waals surface area (Å²) >= 11 is 17.8. The number of halogens is 3. The number of imidazole rings is 1. The van der Waals surface area contributed by atoms with Crippen molar-refractivity contribution in [3.63, 3.8) is 0 Å². The fourth-order valence-electron chi connectivity index (χ4n) is 1.65. The Morgan fingerprint density at radius 3 is 2.57 bits per heavy atom. The average Bonchev–Trinajstić information content (AvgIpc) is 2.82. The van der Waals surface area contributed by atoms with Crippen LogP contribution in [0, 0.1) is 0 Å². The normalized spacial score (nSPS) is 10.5. The summed E-state index contributed by atoms with van der Waals surface area (Å²) in [5, 5.41) is 3.79. The predicted molar refractivity (Wildman–Crippen MR) is 82.5 cm³/mol. The van der Waals surface area contributed by atoms with Crippen molar-refractivity contribution >= 4 is 40.7 Å². The van der Waals surface area contributed by atoms with E-state index in [2.05, 4.69) is 10.3 Å². The van der Waals surface area contributed by atoms with E-state index in [0.29, 0.717) is 33.1 Å². The van der Waals surface area contributed by atoms with Crippen molar-refractivity contribution in [1.29, 1.82) is 0 Å². The summed E-state index contributed by atoms with van der Waals surface area (Å²) in [7, 11) is 1.74. The highest BCUT2D eigenvalue weighted by molar-refractivity contribution is 6.40. The highest BCUT2D eigenvalue weighted by Gasteiger charge is 2.11. The van der Waals surface area contributed by atoms with Gasteiger partial charge in [-0.25, -0.2) is 4.98 Å². The van der Waals surface area contributed by atoms with E-state index in [1.807, 2.05) is 0 Å². The summed E-state index contributed by atoms with van der Waals surface area (Å²) in [6, 6.07) is 3.08. The molecule has 0 spiro atoms. The standard InChI is InChI=1S/C13H12Cl3N3O2/c1-19-7-17-6-11(19)13(20)18-2-3-21-12-9(15)4-8(14)5-10(12)16/h4-7H,2-3H2,1H3,(H,18,20). The van der Waals surface area contributed by atoms with Gasteiger partial charge >= 0.3 is 0 Å². The van der Waals surface area contributed by atoms with Gasteiger partial charge in [0, 0.05) is 12.1 Å². The van der Waals surface area contributed by atoms with E-state index in [-0.39, 0.29) is 12.5 Å². The van der Waals surface area contributed by atoms with Crippen molar-refractivity contribution < 1.29 is 9.53 Å².